The molecule has 102 valence electrons. The van der Waals surface area contributed by atoms with E-state index in [1.165, 1.54) is 12.8 Å². The van der Waals surface area contributed by atoms with Gasteiger partial charge in [0.05, 0.1) is 18.8 Å². The highest BCUT2D eigenvalue weighted by Crippen LogP contribution is 2.20. The normalized spacial score (nSPS) is 17.4. The van der Waals surface area contributed by atoms with E-state index in [-0.39, 0.29) is 18.0 Å². The molecule has 2 amide bonds. The molecule has 1 saturated carbocycles. The zero-order valence-electron chi connectivity index (χ0n) is 11.4. The van der Waals surface area contributed by atoms with Gasteiger partial charge < -0.3 is 15.4 Å². The largest absolute Gasteiger partial charge is 0.376 e. The minimum atomic E-state index is -0.222. The van der Waals surface area contributed by atoms with Crippen LogP contribution < -0.4 is 10.6 Å². The van der Waals surface area contributed by atoms with Crippen LogP contribution in [0.25, 0.3) is 0 Å². The minimum absolute atomic E-state index is 0.221. The summed E-state index contributed by atoms with van der Waals surface area (Å²) >= 11 is 0. The van der Waals surface area contributed by atoms with Crippen LogP contribution in [0.1, 0.15) is 39.5 Å². The van der Waals surface area contributed by atoms with Crippen LogP contribution in [0.2, 0.25) is 0 Å². The lowest BCUT2D eigenvalue weighted by Crippen LogP contribution is -2.44. The van der Waals surface area contributed by atoms with Gasteiger partial charge in [-0.1, -0.05) is 32.6 Å². The molecular weight excluding hydrogens is 228 g/mol. The zero-order valence-corrected chi connectivity index (χ0v) is 11.4. The number of rotatable bonds is 6. The molecule has 0 spiro atoms. The molecule has 1 aliphatic carbocycles. The average Bonchev–Trinajstić information content (AvgIpc) is 2.84. The molecule has 0 unspecified atom stereocenters. The standard InChI is InChI=1S/C14H24N2O2/c1-4-13(11(2)3)16-14(17)15-9-10-18-12-7-5-6-8-12/h1,11-13H,5-10H2,2-3H3,(H2,15,16,17)/t13-/m1/s1. The molecule has 1 atom stereocenters. The lowest BCUT2D eigenvalue weighted by atomic mass is 10.1. The van der Waals surface area contributed by atoms with Crippen LogP contribution in [-0.2, 0) is 4.74 Å². The molecular formula is C14H24N2O2. The van der Waals surface area contributed by atoms with Crippen LogP contribution >= 0.6 is 0 Å². The number of hydrogen-bond donors (Lipinski definition) is 2. The van der Waals surface area contributed by atoms with Crippen molar-refractivity contribution in [2.24, 2.45) is 5.92 Å². The summed E-state index contributed by atoms with van der Waals surface area (Å²) in [6.07, 6.45) is 10.6. The zero-order chi connectivity index (χ0) is 13.4. The quantitative estimate of drug-likeness (QED) is 0.560. The van der Waals surface area contributed by atoms with Gasteiger partial charge in [-0.2, -0.15) is 0 Å². The summed E-state index contributed by atoms with van der Waals surface area (Å²) < 4.78 is 5.65. The summed E-state index contributed by atoms with van der Waals surface area (Å²) in [5.74, 6) is 2.80. The maximum absolute atomic E-state index is 11.5. The van der Waals surface area contributed by atoms with Crippen LogP contribution in [-0.4, -0.2) is 31.3 Å². The molecule has 18 heavy (non-hydrogen) atoms. The van der Waals surface area contributed by atoms with Crippen molar-refractivity contribution in [3.05, 3.63) is 0 Å². The van der Waals surface area contributed by atoms with Crippen molar-refractivity contribution in [2.75, 3.05) is 13.2 Å². The summed E-state index contributed by atoms with van der Waals surface area (Å²) in [5, 5.41) is 5.51. The monoisotopic (exact) mass is 252 g/mol. The molecule has 1 rings (SSSR count). The topological polar surface area (TPSA) is 50.4 Å². The molecule has 2 N–H and O–H groups in total. The maximum atomic E-state index is 11.5. The molecule has 1 fully saturated rings. The van der Waals surface area contributed by atoms with E-state index >= 15 is 0 Å². The van der Waals surface area contributed by atoms with Crippen LogP contribution in [0.15, 0.2) is 0 Å². The number of carbonyl (C=O) groups is 1. The van der Waals surface area contributed by atoms with E-state index in [1.54, 1.807) is 0 Å². The van der Waals surface area contributed by atoms with Crippen molar-refractivity contribution in [3.8, 4) is 12.3 Å². The van der Waals surface area contributed by atoms with E-state index in [9.17, 15) is 4.79 Å². The predicted octanol–water partition coefficient (Wildman–Crippen LogP) is 1.90. The predicted molar refractivity (Wildman–Crippen MR) is 72.2 cm³/mol. The number of nitrogens with one attached hydrogen (secondary N) is 2. The lowest BCUT2D eigenvalue weighted by Gasteiger charge is -2.17. The first-order chi connectivity index (χ1) is 8.63. The molecule has 1 aliphatic rings. The van der Waals surface area contributed by atoms with Gasteiger partial charge in [-0.05, 0) is 18.8 Å². The fourth-order valence-corrected chi connectivity index (χ4v) is 2.04. The van der Waals surface area contributed by atoms with Gasteiger partial charge in [-0.25, -0.2) is 4.79 Å². The first kappa shape index (κ1) is 14.8. The summed E-state index contributed by atoms with van der Waals surface area (Å²) in [4.78, 5) is 11.5. The van der Waals surface area contributed by atoms with Crippen LogP contribution in [0.5, 0.6) is 0 Å². The molecule has 0 aliphatic heterocycles. The van der Waals surface area contributed by atoms with Crippen molar-refractivity contribution in [3.63, 3.8) is 0 Å². The number of ether oxygens (including phenoxy) is 1. The fourth-order valence-electron chi connectivity index (χ4n) is 2.04. The Morgan fingerprint density at radius 3 is 2.67 bits per heavy atom. The lowest BCUT2D eigenvalue weighted by molar-refractivity contribution is 0.0613. The van der Waals surface area contributed by atoms with Gasteiger partial charge >= 0.3 is 6.03 Å². The Morgan fingerprint density at radius 2 is 2.11 bits per heavy atom. The summed E-state index contributed by atoms with van der Waals surface area (Å²) in [5.41, 5.74) is 0. The third-order valence-corrected chi connectivity index (χ3v) is 3.18. The third kappa shape index (κ3) is 5.42. The van der Waals surface area contributed by atoms with Gasteiger partial charge in [-0.3, -0.25) is 0 Å². The van der Waals surface area contributed by atoms with Crippen molar-refractivity contribution in [1.29, 1.82) is 0 Å². The third-order valence-electron chi connectivity index (χ3n) is 3.18. The first-order valence-corrected chi connectivity index (χ1v) is 6.75. The molecule has 0 heterocycles. The first-order valence-electron chi connectivity index (χ1n) is 6.75. The van der Waals surface area contributed by atoms with E-state index in [0.717, 1.165) is 12.8 Å². The average molecular weight is 252 g/mol. The van der Waals surface area contributed by atoms with Gasteiger partial charge in [0.25, 0.3) is 0 Å². The highest BCUT2D eigenvalue weighted by atomic mass is 16.5. The Hall–Kier alpha value is -1.21. The Kier molecular flexibility index (Phi) is 6.59. The van der Waals surface area contributed by atoms with E-state index < -0.39 is 0 Å². The van der Waals surface area contributed by atoms with E-state index in [0.29, 0.717) is 19.3 Å². The molecule has 0 bridgehead atoms. The van der Waals surface area contributed by atoms with Crippen molar-refractivity contribution < 1.29 is 9.53 Å². The Morgan fingerprint density at radius 1 is 1.44 bits per heavy atom. The summed E-state index contributed by atoms with van der Waals surface area (Å²) in [7, 11) is 0. The summed E-state index contributed by atoms with van der Waals surface area (Å²) in [6, 6.07) is -0.442. The molecule has 4 nitrogen and oxygen atoms in total. The van der Waals surface area contributed by atoms with Gasteiger partial charge in [-0.15, -0.1) is 6.42 Å². The van der Waals surface area contributed by atoms with Crippen LogP contribution in [0.3, 0.4) is 0 Å². The Bertz CT molecular complexity index is 291. The highest BCUT2D eigenvalue weighted by molar-refractivity contribution is 5.74. The molecule has 0 aromatic heterocycles. The van der Waals surface area contributed by atoms with E-state index in [2.05, 4.69) is 16.6 Å². The number of amides is 2. The van der Waals surface area contributed by atoms with Crippen molar-refractivity contribution >= 4 is 6.03 Å². The fraction of sp³-hybridized carbons (Fsp3) is 0.786. The highest BCUT2D eigenvalue weighted by Gasteiger charge is 2.15. The second kappa shape index (κ2) is 7.99. The smallest absolute Gasteiger partial charge is 0.315 e. The van der Waals surface area contributed by atoms with Gasteiger partial charge in [0, 0.05) is 6.54 Å². The number of carbonyl (C=O) groups excluding carboxylic acids is 1. The minimum Gasteiger partial charge on any atom is -0.376 e. The van der Waals surface area contributed by atoms with Gasteiger partial charge in [0.2, 0.25) is 0 Å². The van der Waals surface area contributed by atoms with Crippen molar-refractivity contribution in [2.45, 2.75) is 51.7 Å². The molecule has 0 aromatic rings. The number of hydrogen-bond acceptors (Lipinski definition) is 2. The number of urea groups is 1. The van der Waals surface area contributed by atoms with E-state index in [4.69, 9.17) is 11.2 Å². The number of terminal acetylenes is 1. The second-order valence-electron chi connectivity index (χ2n) is 5.07. The maximum Gasteiger partial charge on any atom is 0.315 e. The van der Waals surface area contributed by atoms with Gasteiger partial charge in [0.1, 0.15) is 0 Å². The molecule has 0 radical (unpaired) electrons. The molecule has 4 heteroatoms. The van der Waals surface area contributed by atoms with Crippen LogP contribution in [0, 0.1) is 18.3 Å². The molecule has 0 saturated heterocycles. The Labute approximate surface area is 110 Å². The SMILES string of the molecule is C#C[C@@H](NC(=O)NCCOC1CCCC1)C(C)C. The molecule has 0 aromatic carbocycles. The van der Waals surface area contributed by atoms with Gasteiger partial charge in [0.15, 0.2) is 0 Å². The van der Waals surface area contributed by atoms with Crippen LogP contribution in [0.4, 0.5) is 4.79 Å². The van der Waals surface area contributed by atoms with E-state index in [1.807, 2.05) is 13.8 Å². The van der Waals surface area contributed by atoms with Crippen molar-refractivity contribution in [1.82, 2.24) is 10.6 Å². The summed E-state index contributed by atoms with van der Waals surface area (Å²) in [6.45, 7) is 5.06. The Balaban J connectivity index is 2.07. The second-order valence-corrected chi connectivity index (χ2v) is 5.07.